The van der Waals surface area contributed by atoms with Crippen molar-refractivity contribution in [3.63, 3.8) is 0 Å². The summed E-state index contributed by atoms with van der Waals surface area (Å²) in [5.74, 6) is 0. The van der Waals surface area contributed by atoms with Crippen LogP contribution in [0.4, 0.5) is 0 Å². The molecule has 0 amide bonds. The van der Waals surface area contributed by atoms with E-state index in [2.05, 4.69) is 15.9 Å². The van der Waals surface area contributed by atoms with E-state index in [0.29, 0.717) is 11.1 Å². The van der Waals surface area contributed by atoms with Crippen LogP contribution in [-0.2, 0) is 5.41 Å². The van der Waals surface area contributed by atoms with Crippen molar-refractivity contribution < 1.29 is 4.42 Å². The van der Waals surface area contributed by atoms with Gasteiger partial charge in [-0.3, -0.25) is 0 Å². The molecular formula is C13H13BrO2. The highest BCUT2D eigenvalue weighted by atomic mass is 79.9. The molecule has 0 aliphatic rings. The zero-order chi connectivity index (χ0) is 11.9. The lowest BCUT2D eigenvalue weighted by atomic mass is 9.88. The molecule has 0 unspecified atom stereocenters. The molecule has 2 nitrogen and oxygen atoms in total. The molecule has 1 aromatic heterocycles. The van der Waals surface area contributed by atoms with E-state index in [4.69, 9.17) is 4.42 Å². The first-order valence-corrected chi connectivity index (χ1v) is 5.91. The van der Waals surface area contributed by atoms with Gasteiger partial charge in [0.2, 0.25) is 0 Å². The fourth-order valence-corrected chi connectivity index (χ4v) is 2.00. The van der Waals surface area contributed by atoms with E-state index in [0.717, 1.165) is 9.86 Å². The highest BCUT2D eigenvalue weighted by Gasteiger charge is 2.19. The maximum absolute atomic E-state index is 11.8. The summed E-state index contributed by atoms with van der Waals surface area (Å²) in [7, 11) is 0. The van der Waals surface area contributed by atoms with Gasteiger partial charge in [0.1, 0.15) is 5.58 Å². The molecule has 1 heterocycles. The quantitative estimate of drug-likeness (QED) is 0.686. The third-order valence-corrected chi connectivity index (χ3v) is 3.00. The van der Waals surface area contributed by atoms with E-state index in [9.17, 15) is 4.79 Å². The first kappa shape index (κ1) is 11.4. The van der Waals surface area contributed by atoms with Crippen molar-refractivity contribution in [2.75, 3.05) is 0 Å². The third-order valence-electron chi connectivity index (χ3n) is 2.50. The van der Waals surface area contributed by atoms with Crippen molar-refractivity contribution in [3.8, 4) is 0 Å². The SMILES string of the molecule is CC(C)(C)c1cc2cc(Br)ccc2oc1=O. The van der Waals surface area contributed by atoms with Crippen LogP contribution in [0.25, 0.3) is 11.0 Å². The summed E-state index contributed by atoms with van der Waals surface area (Å²) in [6.07, 6.45) is 0. The van der Waals surface area contributed by atoms with Gasteiger partial charge in [0, 0.05) is 15.4 Å². The monoisotopic (exact) mass is 280 g/mol. The van der Waals surface area contributed by atoms with Crippen LogP contribution < -0.4 is 5.63 Å². The number of hydrogen-bond donors (Lipinski definition) is 0. The normalized spacial score (nSPS) is 12.0. The van der Waals surface area contributed by atoms with Crippen molar-refractivity contribution in [1.82, 2.24) is 0 Å². The van der Waals surface area contributed by atoms with Gasteiger partial charge in [-0.2, -0.15) is 0 Å². The average molecular weight is 281 g/mol. The largest absolute Gasteiger partial charge is 0.423 e. The van der Waals surface area contributed by atoms with E-state index >= 15 is 0 Å². The lowest BCUT2D eigenvalue weighted by Crippen LogP contribution is -2.21. The summed E-state index contributed by atoms with van der Waals surface area (Å²) < 4.78 is 6.28. The zero-order valence-electron chi connectivity index (χ0n) is 9.50. The highest BCUT2D eigenvalue weighted by molar-refractivity contribution is 9.10. The van der Waals surface area contributed by atoms with Gasteiger partial charge in [0.25, 0.3) is 0 Å². The van der Waals surface area contributed by atoms with Crippen LogP contribution in [0.3, 0.4) is 0 Å². The standard InChI is InChI=1S/C13H13BrO2/c1-13(2,3)10-7-8-6-9(14)4-5-11(8)16-12(10)15/h4-7H,1-3H3. The summed E-state index contributed by atoms with van der Waals surface area (Å²) in [4.78, 5) is 11.8. The minimum atomic E-state index is -0.248. The van der Waals surface area contributed by atoms with Crippen LogP contribution in [0.2, 0.25) is 0 Å². The maximum atomic E-state index is 11.8. The van der Waals surface area contributed by atoms with Gasteiger partial charge in [-0.15, -0.1) is 0 Å². The minimum Gasteiger partial charge on any atom is -0.423 e. The molecule has 0 spiro atoms. The molecule has 16 heavy (non-hydrogen) atoms. The summed E-state index contributed by atoms with van der Waals surface area (Å²) >= 11 is 3.41. The Morgan fingerprint density at radius 1 is 1.19 bits per heavy atom. The first-order chi connectivity index (χ1) is 7.38. The Bertz CT molecular complexity index is 591. The second-order valence-corrected chi connectivity index (χ2v) is 5.80. The van der Waals surface area contributed by atoms with Gasteiger partial charge in [-0.25, -0.2) is 4.79 Å². The smallest absolute Gasteiger partial charge is 0.339 e. The molecule has 0 atom stereocenters. The Morgan fingerprint density at radius 3 is 2.50 bits per heavy atom. The minimum absolute atomic E-state index is 0.197. The third kappa shape index (κ3) is 2.05. The molecule has 2 aromatic rings. The predicted molar refractivity (Wildman–Crippen MR) is 68.9 cm³/mol. The maximum Gasteiger partial charge on any atom is 0.339 e. The van der Waals surface area contributed by atoms with Gasteiger partial charge in [-0.1, -0.05) is 36.7 Å². The molecule has 0 radical (unpaired) electrons. The zero-order valence-corrected chi connectivity index (χ0v) is 11.1. The van der Waals surface area contributed by atoms with Crippen LogP contribution in [0.5, 0.6) is 0 Å². The molecule has 84 valence electrons. The summed E-state index contributed by atoms with van der Waals surface area (Å²) in [5, 5.41) is 0.943. The van der Waals surface area contributed by atoms with Gasteiger partial charge >= 0.3 is 5.63 Å². The highest BCUT2D eigenvalue weighted by Crippen LogP contribution is 2.24. The number of fused-ring (bicyclic) bond motifs is 1. The lowest BCUT2D eigenvalue weighted by molar-refractivity contribution is 0.502. The molecule has 0 saturated heterocycles. The second-order valence-electron chi connectivity index (χ2n) is 4.88. The van der Waals surface area contributed by atoms with Gasteiger partial charge in [0.05, 0.1) is 0 Å². The van der Waals surface area contributed by atoms with E-state index < -0.39 is 0 Å². The van der Waals surface area contributed by atoms with Gasteiger partial charge in [0.15, 0.2) is 0 Å². The molecule has 0 bridgehead atoms. The van der Waals surface area contributed by atoms with Gasteiger partial charge in [-0.05, 0) is 29.7 Å². The predicted octanol–water partition coefficient (Wildman–Crippen LogP) is 3.85. The van der Waals surface area contributed by atoms with E-state index in [1.165, 1.54) is 0 Å². The molecule has 0 N–H and O–H groups in total. The van der Waals surface area contributed by atoms with E-state index in [-0.39, 0.29) is 11.0 Å². The molecule has 3 heteroatoms. The average Bonchev–Trinajstić information content (AvgIpc) is 2.16. The van der Waals surface area contributed by atoms with Crippen molar-refractivity contribution in [3.05, 3.63) is 44.7 Å². The van der Waals surface area contributed by atoms with Crippen molar-refractivity contribution in [1.29, 1.82) is 0 Å². The second kappa shape index (κ2) is 3.74. The van der Waals surface area contributed by atoms with Crippen molar-refractivity contribution >= 4 is 26.9 Å². The number of rotatable bonds is 0. The summed E-state index contributed by atoms with van der Waals surface area (Å²) in [6.45, 7) is 6.01. The Kier molecular flexibility index (Phi) is 2.66. The van der Waals surface area contributed by atoms with Crippen LogP contribution in [0.15, 0.2) is 37.9 Å². The lowest BCUT2D eigenvalue weighted by Gasteiger charge is -2.17. The number of halogens is 1. The Balaban J connectivity index is 2.79. The van der Waals surface area contributed by atoms with Crippen LogP contribution in [0.1, 0.15) is 26.3 Å². The molecule has 0 aliphatic carbocycles. The summed E-state index contributed by atoms with van der Waals surface area (Å²) in [6, 6.07) is 7.52. The van der Waals surface area contributed by atoms with Crippen LogP contribution >= 0.6 is 15.9 Å². The van der Waals surface area contributed by atoms with Crippen LogP contribution in [-0.4, -0.2) is 0 Å². The fourth-order valence-electron chi connectivity index (χ4n) is 1.62. The molecule has 0 fully saturated rings. The van der Waals surface area contributed by atoms with Crippen molar-refractivity contribution in [2.45, 2.75) is 26.2 Å². The van der Waals surface area contributed by atoms with E-state index in [1.807, 2.05) is 39.0 Å². The molecule has 0 aliphatic heterocycles. The van der Waals surface area contributed by atoms with E-state index in [1.54, 1.807) is 6.07 Å². The van der Waals surface area contributed by atoms with Crippen LogP contribution in [0, 0.1) is 0 Å². The number of benzene rings is 1. The number of hydrogen-bond acceptors (Lipinski definition) is 2. The molecular weight excluding hydrogens is 268 g/mol. The van der Waals surface area contributed by atoms with Gasteiger partial charge < -0.3 is 4.42 Å². The Labute approximate surface area is 102 Å². The molecule has 2 rings (SSSR count). The Morgan fingerprint density at radius 2 is 1.88 bits per heavy atom. The topological polar surface area (TPSA) is 30.2 Å². The van der Waals surface area contributed by atoms with Crippen molar-refractivity contribution in [2.24, 2.45) is 0 Å². The Hall–Kier alpha value is -1.09. The summed E-state index contributed by atoms with van der Waals surface area (Å²) in [5.41, 5.74) is 0.888. The first-order valence-electron chi connectivity index (χ1n) is 5.12. The molecule has 1 aromatic carbocycles. The molecule has 0 saturated carbocycles. The fraction of sp³-hybridized carbons (Fsp3) is 0.308.